The first-order valence-corrected chi connectivity index (χ1v) is 8.36. The topological polar surface area (TPSA) is 75.9 Å². The molecule has 0 saturated heterocycles. The molecule has 120 valence electrons. The van der Waals surface area contributed by atoms with Gasteiger partial charge in [-0.3, -0.25) is 0 Å². The first-order valence-electron chi connectivity index (χ1n) is 6.96. The molecule has 6 nitrogen and oxygen atoms in total. The van der Waals surface area contributed by atoms with Crippen molar-refractivity contribution in [3.05, 3.63) is 35.9 Å². The molecule has 2 N–H and O–H groups in total. The van der Waals surface area contributed by atoms with E-state index >= 15 is 0 Å². The van der Waals surface area contributed by atoms with Gasteiger partial charge in [0.2, 0.25) is 0 Å². The number of nitrogens with zero attached hydrogens (tertiary/aromatic N) is 2. The largest absolute Gasteiger partial charge is 0.383 e. The maximum Gasteiger partial charge on any atom is 0.281 e. The van der Waals surface area contributed by atoms with E-state index in [0.717, 1.165) is 5.56 Å². The molecule has 0 aliphatic heterocycles. The fourth-order valence-electron chi connectivity index (χ4n) is 1.92. The standard InChI is InChI=1S/C14H25N3O3S/c1-16(12-13-20-2)21(18,19)17(11-9-15)10-8-14-6-4-3-5-7-14/h3-7H,8-13,15H2,1-2H3. The molecular weight excluding hydrogens is 290 g/mol. The van der Waals surface area contributed by atoms with E-state index < -0.39 is 10.2 Å². The third kappa shape index (κ3) is 5.72. The van der Waals surface area contributed by atoms with Gasteiger partial charge >= 0.3 is 0 Å². The Hall–Kier alpha value is -0.990. The van der Waals surface area contributed by atoms with Crippen LogP contribution in [0, 0.1) is 0 Å². The van der Waals surface area contributed by atoms with E-state index in [4.69, 9.17) is 10.5 Å². The average molecular weight is 315 g/mol. The molecule has 0 unspecified atom stereocenters. The fraction of sp³-hybridized carbons (Fsp3) is 0.571. The Labute approximate surface area is 127 Å². The first kappa shape index (κ1) is 18.1. The quantitative estimate of drug-likeness (QED) is 0.674. The van der Waals surface area contributed by atoms with Crippen LogP contribution in [0.5, 0.6) is 0 Å². The summed E-state index contributed by atoms with van der Waals surface area (Å²) in [6.45, 7) is 1.72. The van der Waals surface area contributed by atoms with Gasteiger partial charge in [0, 0.05) is 40.3 Å². The Morgan fingerprint density at radius 2 is 1.81 bits per heavy atom. The third-order valence-electron chi connectivity index (χ3n) is 3.20. The molecule has 0 aliphatic rings. The van der Waals surface area contributed by atoms with Crippen molar-refractivity contribution >= 4 is 10.2 Å². The van der Waals surface area contributed by atoms with Crippen LogP contribution in [0.15, 0.2) is 30.3 Å². The Morgan fingerprint density at radius 3 is 2.38 bits per heavy atom. The van der Waals surface area contributed by atoms with Crippen LogP contribution in [0.3, 0.4) is 0 Å². The van der Waals surface area contributed by atoms with Gasteiger partial charge in [-0.25, -0.2) is 0 Å². The molecule has 0 radical (unpaired) electrons. The summed E-state index contributed by atoms with van der Waals surface area (Å²) in [6.07, 6.45) is 0.665. The zero-order chi connectivity index (χ0) is 15.7. The second-order valence-corrected chi connectivity index (χ2v) is 6.78. The number of benzene rings is 1. The lowest BCUT2D eigenvalue weighted by Crippen LogP contribution is -2.45. The highest BCUT2D eigenvalue weighted by molar-refractivity contribution is 7.86. The number of methoxy groups -OCH3 is 1. The zero-order valence-electron chi connectivity index (χ0n) is 12.7. The van der Waals surface area contributed by atoms with Crippen molar-refractivity contribution in [1.29, 1.82) is 0 Å². The van der Waals surface area contributed by atoms with Crippen molar-refractivity contribution in [3.8, 4) is 0 Å². The van der Waals surface area contributed by atoms with Crippen LogP contribution in [0.1, 0.15) is 5.56 Å². The van der Waals surface area contributed by atoms with Crippen molar-refractivity contribution in [2.45, 2.75) is 6.42 Å². The number of hydrogen-bond acceptors (Lipinski definition) is 4. The number of nitrogens with two attached hydrogens (primary N) is 1. The highest BCUT2D eigenvalue weighted by atomic mass is 32.2. The number of ether oxygens (including phenoxy) is 1. The lowest BCUT2D eigenvalue weighted by atomic mass is 10.1. The zero-order valence-corrected chi connectivity index (χ0v) is 13.6. The molecule has 1 aromatic rings. The van der Waals surface area contributed by atoms with Crippen molar-refractivity contribution < 1.29 is 13.2 Å². The summed E-state index contributed by atoms with van der Waals surface area (Å²) in [6, 6.07) is 9.81. The van der Waals surface area contributed by atoms with Gasteiger partial charge in [-0.05, 0) is 12.0 Å². The molecular formula is C14H25N3O3S. The predicted octanol–water partition coefficient (Wildman–Crippen LogP) is 0.313. The molecule has 1 rings (SSSR count). The van der Waals surface area contributed by atoms with Gasteiger partial charge in [0.1, 0.15) is 0 Å². The Balaban J connectivity index is 2.70. The van der Waals surface area contributed by atoms with Crippen molar-refractivity contribution in [2.75, 3.05) is 46.9 Å². The lowest BCUT2D eigenvalue weighted by Gasteiger charge is -2.27. The van der Waals surface area contributed by atoms with E-state index in [1.807, 2.05) is 30.3 Å². The van der Waals surface area contributed by atoms with Crippen molar-refractivity contribution in [2.24, 2.45) is 5.73 Å². The van der Waals surface area contributed by atoms with E-state index in [-0.39, 0.29) is 0 Å². The third-order valence-corrected chi connectivity index (χ3v) is 5.19. The summed E-state index contributed by atoms with van der Waals surface area (Å²) >= 11 is 0. The molecule has 0 aromatic heterocycles. The van der Waals surface area contributed by atoms with Crippen molar-refractivity contribution in [1.82, 2.24) is 8.61 Å². The van der Waals surface area contributed by atoms with E-state index in [1.54, 1.807) is 14.2 Å². The Morgan fingerprint density at radius 1 is 1.14 bits per heavy atom. The molecule has 0 spiro atoms. The second kappa shape index (κ2) is 9.11. The molecule has 0 aliphatic carbocycles. The van der Waals surface area contributed by atoms with E-state index in [9.17, 15) is 8.42 Å². The molecule has 0 fully saturated rings. The van der Waals surface area contributed by atoms with Gasteiger partial charge in [0.15, 0.2) is 0 Å². The summed E-state index contributed by atoms with van der Waals surface area (Å²) in [7, 11) is -0.394. The first-order chi connectivity index (χ1) is 10.0. The molecule has 0 heterocycles. The fourth-order valence-corrected chi connectivity index (χ4v) is 3.27. The molecule has 1 aromatic carbocycles. The summed E-state index contributed by atoms with van der Waals surface area (Å²) in [5.41, 5.74) is 6.65. The van der Waals surface area contributed by atoms with E-state index in [1.165, 1.54) is 8.61 Å². The van der Waals surface area contributed by atoms with Gasteiger partial charge in [-0.1, -0.05) is 30.3 Å². The monoisotopic (exact) mass is 315 g/mol. The van der Waals surface area contributed by atoms with Crippen molar-refractivity contribution in [3.63, 3.8) is 0 Å². The van der Waals surface area contributed by atoms with Crippen LogP contribution in [0.2, 0.25) is 0 Å². The highest BCUT2D eigenvalue weighted by Crippen LogP contribution is 2.08. The molecule has 7 heteroatoms. The number of likely N-dealkylation sites (N-methyl/N-ethyl adjacent to an activating group) is 1. The minimum atomic E-state index is -3.50. The van der Waals surface area contributed by atoms with Gasteiger partial charge in [-0.15, -0.1) is 0 Å². The van der Waals surface area contributed by atoms with E-state index in [2.05, 4.69) is 0 Å². The maximum atomic E-state index is 12.5. The smallest absolute Gasteiger partial charge is 0.281 e. The van der Waals surface area contributed by atoms with Crippen LogP contribution in [0.4, 0.5) is 0 Å². The average Bonchev–Trinajstić information content (AvgIpc) is 2.49. The Kier molecular flexibility index (Phi) is 7.84. The molecule has 0 atom stereocenters. The molecule has 0 amide bonds. The van der Waals surface area contributed by atoms with Crippen LogP contribution >= 0.6 is 0 Å². The molecule has 21 heavy (non-hydrogen) atoms. The van der Waals surface area contributed by atoms with Crippen LogP contribution in [-0.4, -0.2) is 64.0 Å². The Bertz CT molecular complexity index is 493. The highest BCUT2D eigenvalue weighted by Gasteiger charge is 2.25. The SMILES string of the molecule is COCCN(C)S(=O)(=O)N(CCN)CCc1ccccc1. The molecule has 0 bridgehead atoms. The summed E-state index contributed by atoms with van der Waals surface area (Å²) in [5.74, 6) is 0. The second-order valence-electron chi connectivity index (χ2n) is 4.75. The summed E-state index contributed by atoms with van der Waals surface area (Å²) in [4.78, 5) is 0. The van der Waals surface area contributed by atoms with Crippen LogP contribution in [0.25, 0.3) is 0 Å². The van der Waals surface area contributed by atoms with Gasteiger partial charge in [0.05, 0.1) is 6.61 Å². The number of rotatable bonds is 10. The maximum absolute atomic E-state index is 12.5. The summed E-state index contributed by atoms with van der Waals surface area (Å²) in [5, 5.41) is 0. The van der Waals surface area contributed by atoms with Gasteiger partial charge in [0.25, 0.3) is 10.2 Å². The normalized spacial score (nSPS) is 12.2. The number of hydrogen-bond donors (Lipinski definition) is 1. The minimum absolute atomic E-state index is 0.298. The van der Waals surface area contributed by atoms with Gasteiger partial charge in [-0.2, -0.15) is 17.0 Å². The molecule has 0 saturated carbocycles. The predicted molar refractivity (Wildman–Crippen MR) is 84.2 cm³/mol. The van der Waals surface area contributed by atoms with E-state index in [0.29, 0.717) is 39.2 Å². The minimum Gasteiger partial charge on any atom is -0.383 e. The van der Waals surface area contributed by atoms with Crippen LogP contribution in [-0.2, 0) is 21.4 Å². The van der Waals surface area contributed by atoms with Crippen LogP contribution < -0.4 is 5.73 Å². The van der Waals surface area contributed by atoms with Gasteiger partial charge < -0.3 is 10.5 Å². The summed E-state index contributed by atoms with van der Waals surface area (Å²) < 4.78 is 32.6. The lowest BCUT2D eigenvalue weighted by molar-refractivity contribution is 0.182.